The van der Waals surface area contributed by atoms with Crippen molar-refractivity contribution in [3.8, 4) is 11.5 Å². The van der Waals surface area contributed by atoms with Gasteiger partial charge in [-0.05, 0) is 92.1 Å². The summed E-state index contributed by atoms with van der Waals surface area (Å²) in [6, 6.07) is 3.61. The molecule has 1 aromatic carbocycles. The number of fused-ring (bicyclic) bond motifs is 5. The quantitative estimate of drug-likeness (QED) is 0.206. The zero-order valence-corrected chi connectivity index (χ0v) is 19.5. The van der Waals surface area contributed by atoms with Gasteiger partial charge in [0, 0.05) is 18.6 Å². The van der Waals surface area contributed by atoms with Gasteiger partial charge in [-0.3, -0.25) is 4.79 Å². The van der Waals surface area contributed by atoms with E-state index in [0.29, 0.717) is 28.9 Å². The lowest BCUT2D eigenvalue weighted by molar-refractivity contribution is -0.132. The van der Waals surface area contributed by atoms with Crippen molar-refractivity contribution in [2.24, 2.45) is 23.2 Å². The van der Waals surface area contributed by atoms with Crippen LogP contribution in [0.2, 0.25) is 0 Å². The molecule has 3 heteroatoms. The van der Waals surface area contributed by atoms with Crippen LogP contribution in [0.1, 0.15) is 102 Å². The number of hydrogen-bond acceptors (Lipinski definition) is 3. The second-order valence-electron chi connectivity index (χ2n) is 10.7. The minimum Gasteiger partial charge on any atom is -0.508 e. The number of ether oxygens (including phenoxy) is 1. The van der Waals surface area contributed by atoms with Crippen molar-refractivity contribution in [3.05, 3.63) is 35.9 Å². The number of unbranched alkanes of at least 4 members (excludes halogenated alkanes) is 4. The zero-order valence-electron chi connectivity index (χ0n) is 19.5. The number of benzene rings is 1. The lowest BCUT2D eigenvalue weighted by atomic mass is 9.52. The summed E-state index contributed by atoms with van der Waals surface area (Å²) in [5.41, 5.74) is 2.93. The highest BCUT2D eigenvalue weighted by Crippen LogP contribution is 2.63. The van der Waals surface area contributed by atoms with Gasteiger partial charge in [-0.2, -0.15) is 0 Å². The number of rotatable bonds is 8. The van der Waals surface area contributed by atoms with Crippen LogP contribution in [0.15, 0.2) is 24.8 Å². The number of allylic oxidation sites excluding steroid dienone is 1. The summed E-state index contributed by atoms with van der Waals surface area (Å²) in [4.78, 5) is 11.8. The molecule has 1 N–H and O–H groups in total. The van der Waals surface area contributed by atoms with Crippen molar-refractivity contribution in [1.29, 1.82) is 0 Å². The predicted molar refractivity (Wildman–Crippen MR) is 125 cm³/mol. The molecule has 0 radical (unpaired) electrons. The van der Waals surface area contributed by atoms with Gasteiger partial charge in [0.1, 0.15) is 11.5 Å². The molecule has 2 fully saturated rings. The van der Waals surface area contributed by atoms with Crippen molar-refractivity contribution < 1.29 is 14.6 Å². The van der Waals surface area contributed by atoms with Gasteiger partial charge in [-0.15, -0.1) is 6.58 Å². The van der Waals surface area contributed by atoms with E-state index < -0.39 is 0 Å². The predicted octanol–water partition coefficient (Wildman–Crippen LogP) is 7.32. The number of hydrogen-bond donors (Lipinski definition) is 1. The van der Waals surface area contributed by atoms with Crippen molar-refractivity contribution in [2.75, 3.05) is 0 Å². The summed E-state index contributed by atoms with van der Waals surface area (Å²) in [6.45, 7) is 7.83. The Morgan fingerprint density at radius 2 is 2.03 bits per heavy atom. The van der Waals surface area contributed by atoms with Gasteiger partial charge in [0.25, 0.3) is 0 Å². The van der Waals surface area contributed by atoms with E-state index >= 15 is 0 Å². The Bertz CT molecular complexity index is 813. The van der Waals surface area contributed by atoms with Gasteiger partial charge in [0.2, 0.25) is 0 Å². The molecule has 31 heavy (non-hydrogen) atoms. The van der Waals surface area contributed by atoms with Crippen molar-refractivity contribution in [1.82, 2.24) is 0 Å². The maximum absolute atomic E-state index is 11.8. The van der Waals surface area contributed by atoms with Crippen molar-refractivity contribution in [2.45, 2.75) is 96.8 Å². The highest BCUT2D eigenvalue weighted by molar-refractivity contribution is 5.70. The van der Waals surface area contributed by atoms with Gasteiger partial charge in [0.15, 0.2) is 0 Å². The third kappa shape index (κ3) is 4.56. The number of esters is 1. The van der Waals surface area contributed by atoms with Crippen LogP contribution in [0.5, 0.6) is 11.5 Å². The summed E-state index contributed by atoms with van der Waals surface area (Å²) in [7, 11) is 0. The number of aromatic hydroxyl groups is 1. The third-order valence-corrected chi connectivity index (χ3v) is 8.71. The standard InChI is InChI=1S/C28H40O3/c1-4-5-6-7-8-9-11-20-16-21-17-22(30)18-25(31-19(2)29)27(21)23-13-15-28(3)14-10-12-24(28)26(20)23/h4,17-18,20,23-24,26,30H,1,5-16H2,2-3H3/t20-,23+,24+,26-,28+/m1/s1. The molecule has 0 saturated heterocycles. The van der Waals surface area contributed by atoms with Crippen molar-refractivity contribution in [3.63, 3.8) is 0 Å². The molecular formula is C28H40O3. The first-order valence-corrected chi connectivity index (χ1v) is 12.6. The Labute approximate surface area is 188 Å². The molecule has 4 rings (SSSR count). The van der Waals surface area contributed by atoms with Gasteiger partial charge >= 0.3 is 5.97 Å². The molecule has 0 aromatic heterocycles. The average Bonchev–Trinajstić information content (AvgIpc) is 3.11. The number of carbonyl (C=O) groups is 1. The van der Waals surface area contributed by atoms with E-state index in [1.807, 2.05) is 12.1 Å². The summed E-state index contributed by atoms with van der Waals surface area (Å²) >= 11 is 0. The Hall–Kier alpha value is -1.77. The Morgan fingerprint density at radius 1 is 1.23 bits per heavy atom. The molecule has 3 aliphatic carbocycles. The van der Waals surface area contributed by atoms with Gasteiger partial charge in [0.05, 0.1) is 0 Å². The molecule has 3 aliphatic rings. The van der Waals surface area contributed by atoms with Crippen LogP contribution in [0.3, 0.4) is 0 Å². The first kappa shape index (κ1) is 22.4. The van der Waals surface area contributed by atoms with E-state index in [2.05, 4.69) is 13.5 Å². The fourth-order valence-electron chi connectivity index (χ4n) is 7.44. The Morgan fingerprint density at radius 3 is 2.81 bits per heavy atom. The maximum atomic E-state index is 11.8. The second kappa shape index (κ2) is 9.38. The number of phenolic OH excluding ortho intramolecular Hbond substituents is 1. The fraction of sp³-hybridized carbons (Fsp3) is 0.679. The molecule has 0 aliphatic heterocycles. The first-order chi connectivity index (χ1) is 14.9. The first-order valence-electron chi connectivity index (χ1n) is 12.6. The topological polar surface area (TPSA) is 46.5 Å². The summed E-state index contributed by atoms with van der Waals surface area (Å²) in [5, 5.41) is 10.4. The molecule has 0 amide bonds. The fourth-order valence-corrected chi connectivity index (χ4v) is 7.44. The zero-order chi connectivity index (χ0) is 22.0. The molecule has 1 aromatic rings. The van der Waals surface area contributed by atoms with Crippen LogP contribution >= 0.6 is 0 Å². The van der Waals surface area contributed by atoms with Crippen LogP contribution in [0, 0.1) is 23.2 Å². The van der Waals surface area contributed by atoms with E-state index in [1.54, 1.807) is 6.07 Å². The summed E-state index contributed by atoms with van der Waals surface area (Å²) < 4.78 is 5.64. The molecule has 0 unspecified atom stereocenters. The van der Waals surface area contributed by atoms with E-state index in [1.165, 1.54) is 82.3 Å². The van der Waals surface area contributed by atoms with E-state index in [4.69, 9.17) is 4.74 Å². The number of carbonyl (C=O) groups excluding carboxylic acids is 1. The minimum absolute atomic E-state index is 0.220. The third-order valence-electron chi connectivity index (χ3n) is 8.71. The molecule has 170 valence electrons. The van der Waals surface area contributed by atoms with Crippen LogP contribution in [-0.2, 0) is 11.2 Å². The van der Waals surface area contributed by atoms with E-state index in [9.17, 15) is 9.90 Å². The van der Waals surface area contributed by atoms with Crippen molar-refractivity contribution >= 4 is 5.97 Å². The number of phenols is 1. The van der Waals surface area contributed by atoms with E-state index in [-0.39, 0.29) is 11.7 Å². The van der Waals surface area contributed by atoms with E-state index in [0.717, 1.165) is 18.8 Å². The van der Waals surface area contributed by atoms with Gasteiger partial charge in [-0.1, -0.05) is 38.7 Å². The molecule has 5 atom stereocenters. The monoisotopic (exact) mass is 424 g/mol. The van der Waals surface area contributed by atoms with Crippen LogP contribution in [-0.4, -0.2) is 11.1 Å². The lowest BCUT2D eigenvalue weighted by Crippen LogP contribution is -2.44. The molecule has 2 saturated carbocycles. The molecular weight excluding hydrogens is 384 g/mol. The van der Waals surface area contributed by atoms with Crippen LogP contribution in [0.25, 0.3) is 0 Å². The van der Waals surface area contributed by atoms with Gasteiger partial charge < -0.3 is 9.84 Å². The average molecular weight is 425 g/mol. The lowest BCUT2D eigenvalue weighted by Gasteiger charge is -2.52. The SMILES string of the molecule is C=CCCCCCC[C@@H]1Cc2cc(O)cc(OC(C)=O)c2[C@H]2CC[C@]3(C)CCC[C@H]3[C@H]12. The second-order valence-corrected chi connectivity index (χ2v) is 10.7. The largest absolute Gasteiger partial charge is 0.508 e. The molecule has 0 heterocycles. The summed E-state index contributed by atoms with van der Waals surface area (Å²) in [5.74, 6) is 3.13. The minimum atomic E-state index is -0.299. The van der Waals surface area contributed by atoms with Crippen LogP contribution < -0.4 is 4.74 Å². The van der Waals surface area contributed by atoms with Crippen LogP contribution in [0.4, 0.5) is 0 Å². The van der Waals surface area contributed by atoms with Gasteiger partial charge in [-0.25, -0.2) is 0 Å². The summed E-state index contributed by atoms with van der Waals surface area (Å²) in [6.07, 6.45) is 17.1. The Kier molecular flexibility index (Phi) is 6.79. The Balaban J connectivity index is 1.62. The molecule has 0 spiro atoms. The molecule has 0 bridgehead atoms. The highest BCUT2D eigenvalue weighted by atomic mass is 16.5. The molecule has 3 nitrogen and oxygen atoms in total. The maximum Gasteiger partial charge on any atom is 0.308 e. The normalized spacial score (nSPS) is 31.4. The smallest absolute Gasteiger partial charge is 0.308 e. The highest BCUT2D eigenvalue weighted by Gasteiger charge is 2.53.